The molecule has 4 saturated carbocycles. The highest BCUT2D eigenvalue weighted by atomic mass is 16.2. The van der Waals surface area contributed by atoms with Gasteiger partial charge in [0.2, 0.25) is 0 Å². The lowest BCUT2D eigenvalue weighted by molar-refractivity contribution is -0.150. The van der Waals surface area contributed by atoms with E-state index in [4.69, 9.17) is 0 Å². The van der Waals surface area contributed by atoms with Gasteiger partial charge < -0.3 is 0 Å². The van der Waals surface area contributed by atoms with E-state index in [0.717, 1.165) is 19.3 Å². The van der Waals surface area contributed by atoms with Crippen LogP contribution in [0.25, 0.3) is 0 Å². The van der Waals surface area contributed by atoms with E-state index in [9.17, 15) is 14.4 Å². The van der Waals surface area contributed by atoms with Crippen molar-refractivity contribution < 1.29 is 14.4 Å². The van der Waals surface area contributed by atoms with Crippen molar-refractivity contribution in [3.05, 3.63) is 0 Å². The molecular weight excluding hydrogens is 280 g/mol. The second-order valence-corrected chi connectivity index (χ2v) is 8.37. The molecule has 120 valence electrons. The highest BCUT2D eigenvalue weighted by Crippen LogP contribution is 2.58. The summed E-state index contributed by atoms with van der Waals surface area (Å²) in [5, 5.41) is 0. The van der Waals surface area contributed by atoms with Crippen LogP contribution in [0.15, 0.2) is 0 Å². The van der Waals surface area contributed by atoms with Crippen LogP contribution in [0.1, 0.15) is 52.4 Å². The van der Waals surface area contributed by atoms with E-state index in [-0.39, 0.29) is 17.5 Å². The molecule has 0 radical (unpaired) electrons. The number of carbonyl (C=O) groups is 3. The summed E-state index contributed by atoms with van der Waals surface area (Å²) in [4.78, 5) is 40.1. The molecule has 0 unspecified atom stereocenters. The summed E-state index contributed by atoms with van der Waals surface area (Å²) in [5.74, 6) is 0.905. The summed E-state index contributed by atoms with van der Waals surface area (Å²) >= 11 is 0. The number of hydrogen-bond donors (Lipinski definition) is 0. The Morgan fingerprint density at radius 3 is 1.91 bits per heavy atom. The molecule has 22 heavy (non-hydrogen) atoms. The normalized spacial score (nSPS) is 40.5. The molecule has 4 aliphatic carbocycles. The maximum Gasteiger partial charge on any atom is 0.334 e. The number of amides is 4. The summed E-state index contributed by atoms with van der Waals surface area (Å²) in [6.45, 7) is 4.25. The van der Waals surface area contributed by atoms with Gasteiger partial charge in [-0.25, -0.2) is 9.69 Å². The van der Waals surface area contributed by atoms with Crippen molar-refractivity contribution in [1.82, 2.24) is 9.80 Å². The molecule has 0 spiro atoms. The minimum absolute atomic E-state index is 0.178. The van der Waals surface area contributed by atoms with Gasteiger partial charge in [-0.15, -0.1) is 0 Å². The zero-order chi connectivity index (χ0) is 15.6. The van der Waals surface area contributed by atoms with E-state index in [2.05, 4.69) is 0 Å². The SMILES string of the molecule is CC(C)CN1C(=O)C(=O)N(C23CC4CC(CC(C4)C2)C3)C1=O. The van der Waals surface area contributed by atoms with Crippen molar-refractivity contribution in [2.75, 3.05) is 6.54 Å². The Balaban J connectivity index is 1.66. The van der Waals surface area contributed by atoms with E-state index in [1.54, 1.807) is 0 Å². The van der Waals surface area contributed by atoms with E-state index >= 15 is 0 Å². The minimum atomic E-state index is -0.616. The van der Waals surface area contributed by atoms with Crippen LogP contribution in [-0.2, 0) is 9.59 Å². The van der Waals surface area contributed by atoms with E-state index in [1.165, 1.54) is 29.1 Å². The molecule has 5 nitrogen and oxygen atoms in total. The molecule has 5 aliphatic rings. The summed E-state index contributed by atoms with van der Waals surface area (Å²) in [6.07, 6.45) is 6.50. The number of urea groups is 1. The van der Waals surface area contributed by atoms with Crippen LogP contribution in [0, 0.1) is 23.7 Å². The lowest BCUT2D eigenvalue weighted by Gasteiger charge is -2.58. The molecule has 0 aromatic rings. The maximum atomic E-state index is 12.8. The van der Waals surface area contributed by atoms with Crippen molar-refractivity contribution in [2.24, 2.45) is 23.7 Å². The van der Waals surface area contributed by atoms with Gasteiger partial charge in [0, 0.05) is 6.54 Å². The Labute approximate surface area is 131 Å². The molecule has 5 fully saturated rings. The first-order valence-electron chi connectivity index (χ1n) is 8.59. The third kappa shape index (κ3) is 1.87. The number of carbonyl (C=O) groups excluding carboxylic acids is 3. The fourth-order valence-electron chi connectivity index (χ4n) is 5.79. The van der Waals surface area contributed by atoms with Gasteiger partial charge in [0.1, 0.15) is 0 Å². The molecule has 0 aromatic heterocycles. The van der Waals surface area contributed by atoms with Crippen LogP contribution in [0.3, 0.4) is 0 Å². The van der Waals surface area contributed by atoms with Crippen LogP contribution in [0.5, 0.6) is 0 Å². The standard InChI is InChI=1S/C17H24N2O3/c1-10(2)9-18-14(20)15(21)19(16(18)22)17-6-11-3-12(7-17)5-13(4-11)8-17/h10-13H,3-9H2,1-2H3. The molecule has 1 heterocycles. The van der Waals surface area contributed by atoms with E-state index in [1.807, 2.05) is 13.8 Å². The molecule has 0 atom stereocenters. The predicted molar refractivity (Wildman–Crippen MR) is 79.7 cm³/mol. The van der Waals surface area contributed by atoms with Crippen LogP contribution in [0.2, 0.25) is 0 Å². The Bertz CT molecular complexity index is 519. The van der Waals surface area contributed by atoms with Gasteiger partial charge in [-0.1, -0.05) is 13.8 Å². The molecule has 4 bridgehead atoms. The molecule has 1 aliphatic heterocycles. The summed E-state index contributed by atoms with van der Waals surface area (Å²) in [7, 11) is 0. The van der Waals surface area contributed by atoms with Crippen molar-refractivity contribution in [3.8, 4) is 0 Å². The molecule has 4 amide bonds. The number of nitrogens with zero attached hydrogens (tertiary/aromatic N) is 2. The van der Waals surface area contributed by atoms with Gasteiger partial charge in [0.25, 0.3) is 0 Å². The van der Waals surface area contributed by atoms with Gasteiger partial charge in [0.15, 0.2) is 0 Å². The largest absolute Gasteiger partial charge is 0.334 e. The average Bonchev–Trinajstić information content (AvgIpc) is 2.61. The topological polar surface area (TPSA) is 57.7 Å². The van der Waals surface area contributed by atoms with Crippen molar-refractivity contribution in [2.45, 2.75) is 57.9 Å². The van der Waals surface area contributed by atoms with Crippen molar-refractivity contribution in [3.63, 3.8) is 0 Å². The number of rotatable bonds is 3. The van der Waals surface area contributed by atoms with Gasteiger partial charge in [-0.3, -0.25) is 14.5 Å². The van der Waals surface area contributed by atoms with Crippen LogP contribution in [-0.4, -0.2) is 39.7 Å². The highest BCUT2D eigenvalue weighted by Gasteiger charge is 2.60. The average molecular weight is 304 g/mol. The molecular formula is C17H24N2O3. The fourth-order valence-corrected chi connectivity index (χ4v) is 5.79. The van der Waals surface area contributed by atoms with Crippen LogP contribution >= 0.6 is 0 Å². The predicted octanol–water partition coefficient (Wildman–Crippen LogP) is 2.40. The highest BCUT2D eigenvalue weighted by molar-refractivity contribution is 6.44. The van der Waals surface area contributed by atoms with Crippen LogP contribution < -0.4 is 0 Å². The van der Waals surface area contributed by atoms with Gasteiger partial charge >= 0.3 is 17.8 Å². The molecule has 0 aromatic carbocycles. The van der Waals surface area contributed by atoms with Gasteiger partial charge in [-0.2, -0.15) is 0 Å². The quantitative estimate of drug-likeness (QED) is 0.594. The van der Waals surface area contributed by atoms with Crippen molar-refractivity contribution >= 4 is 17.8 Å². The first-order valence-corrected chi connectivity index (χ1v) is 8.59. The van der Waals surface area contributed by atoms with Gasteiger partial charge in [-0.05, 0) is 62.2 Å². The maximum absolute atomic E-state index is 12.8. The third-order valence-corrected chi connectivity index (χ3v) is 6.08. The number of hydrogen-bond acceptors (Lipinski definition) is 3. The lowest BCUT2D eigenvalue weighted by Crippen LogP contribution is -2.62. The van der Waals surface area contributed by atoms with Crippen LogP contribution in [0.4, 0.5) is 4.79 Å². The smallest absolute Gasteiger partial charge is 0.263 e. The second-order valence-electron chi connectivity index (χ2n) is 8.37. The molecule has 1 saturated heterocycles. The first kappa shape index (κ1) is 14.2. The Morgan fingerprint density at radius 1 is 0.955 bits per heavy atom. The Hall–Kier alpha value is -1.39. The van der Waals surface area contributed by atoms with Gasteiger partial charge in [0.05, 0.1) is 5.54 Å². The summed E-state index contributed by atoms with van der Waals surface area (Å²) in [6, 6.07) is -0.356. The lowest BCUT2D eigenvalue weighted by atomic mass is 9.52. The molecule has 5 rings (SSSR count). The summed E-state index contributed by atoms with van der Waals surface area (Å²) in [5.41, 5.74) is -0.357. The molecule has 0 N–H and O–H groups in total. The zero-order valence-corrected chi connectivity index (χ0v) is 13.4. The third-order valence-electron chi connectivity index (χ3n) is 6.08. The minimum Gasteiger partial charge on any atom is -0.263 e. The Kier molecular flexibility index (Phi) is 2.94. The summed E-state index contributed by atoms with van der Waals surface area (Å²) < 4.78 is 0. The fraction of sp³-hybridized carbons (Fsp3) is 0.824. The first-order chi connectivity index (χ1) is 10.4. The molecule has 5 heteroatoms. The zero-order valence-electron chi connectivity index (χ0n) is 13.4. The number of imide groups is 2. The van der Waals surface area contributed by atoms with E-state index < -0.39 is 11.8 Å². The second kappa shape index (κ2) is 4.56. The monoisotopic (exact) mass is 304 g/mol. The van der Waals surface area contributed by atoms with E-state index in [0.29, 0.717) is 24.3 Å². The Morgan fingerprint density at radius 2 is 1.45 bits per heavy atom. The van der Waals surface area contributed by atoms with Crippen molar-refractivity contribution in [1.29, 1.82) is 0 Å².